The molecular weight excluding hydrogens is 264 g/mol. The summed E-state index contributed by atoms with van der Waals surface area (Å²) >= 11 is 0. The molecule has 0 aliphatic carbocycles. The number of amides is 1. The topological polar surface area (TPSA) is 52.2 Å². The Hall–Kier alpha value is -2.14. The first-order chi connectivity index (χ1) is 9.99. The fraction of sp³-hybridized carbons (Fsp3) is 0.375. The minimum atomic E-state index is -0.00999. The number of carbonyl (C=O) groups is 1. The van der Waals surface area contributed by atoms with E-state index in [0.717, 1.165) is 12.2 Å². The van der Waals surface area contributed by atoms with Crippen LogP contribution in [-0.4, -0.2) is 46.8 Å². The standard InChI is InChI=1S/C16H22N4O/c1-12(13-6-5-9-17-10-13)20(4)11-14-7-8-15(18-14)16(21)19(2)3/h5-10,12,18H,11H2,1-4H3. The average Bonchev–Trinajstić information content (AvgIpc) is 2.94. The zero-order valence-corrected chi connectivity index (χ0v) is 13.0. The van der Waals surface area contributed by atoms with E-state index in [4.69, 9.17) is 0 Å². The van der Waals surface area contributed by atoms with Crippen LogP contribution in [0, 0.1) is 0 Å². The number of pyridine rings is 1. The molecule has 2 heterocycles. The lowest BCUT2D eigenvalue weighted by molar-refractivity contribution is 0.0822. The monoisotopic (exact) mass is 286 g/mol. The second kappa shape index (κ2) is 6.54. The number of hydrogen-bond donors (Lipinski definition) is 1. The Morgan fingerprint density at radius 2 is 2.05 bits per heavy atom. The SMILES string of the molecule is CC(c1cccnc1)N(C)Cc1ccc(C(=O)N(C)C)[nH]1. The Bertz CT molecular complexity index is 591. The molecule has 1 atom stereocenters. The maximum atomic E-state index is 11.9. The van der Waals surface area contributed by atoms with Crippen LogP contribution in [0.3, 0.4) is 0 Å². The van der Waals surface area contributed by atoms with Crippen molar-refractivity contribution in [1.82, 2.24) is 19.8 Å². The van der Waals surface area contributed by atoms with E-state index in [1.165, 1.54) is 5.56 Å². The lowest BCUT2D eigenvalue weighted by Crippen LogP contribution is -2.23. The lowest BCUT2D eigenvalue weighted by atomic mass is 10.1. The quantitative estimate of drug-likeness (QED) is 0.917. The molecule has 0 fully saturated rings. The van der Waals surface area contributed by atoms with Gasteiger partial charge in [-0.15, -0.1) is 0 Å². The van der Waals surface area contributed by atoms with Gasteiger partial charge in [-0.25, -0.2) is 0 Å². The van der Waals surface area contributed by atoms with Gasteiger partial charge in [0.05, 0.1) is 0 Å². The summed E-state index contributed by atoms with van der Waals surface area (Å²) in [6.07, 6.45) is 3.66. The fourth-order valence-corrected chi connectivity index (χ4v) is 2.18. The van der Waals surface area contributed by atoms with Crippen molar-refractivity contribution in [3.8, 4) is 0 Å². The molecule has 2 rings (SSSR count). The molecule has 0 aromatic carbocycles. The molecule has 0 aliphatic rings. The van der Waals surface area contributed by atoms with Gasteiger partial charge in [-0.2, -0.15) is 0 Å². The summed E-state index contributed by atoms with van der Waals surface area (Å²) in [6.45, 7) is 2.89. The van der Waals surface area contributed by atoms with Crippen molar-refractivity contribution in [1.29, 1.82) is 0 Å². The molecule has 1 unspecified atom stereocenters. The predicted molar refractivity (Wildman–Crippen MR) is 82.9 cm³/mol. The highest BCUT2D eigenvalue weighted by Gasteiger charge is 2.14. The molecule has 0 spiro atoms. The van der Waals surface area contributed by atoms with Crippen LogP contribution in [0.25, 0.3) is 0 Å². The summed E-state index contributed by atoms with van der Waals surface area (Å²) in [5, 5.41) is 0. The molecule has 5 nitrogen and oxygen atoms in total. The van der Waals surface area contributed by atoms with Gasteiger partial charge in [-0.05, 0) is 37.7 Å². The smallest absolute Gasteiger partial charge is 0.269 e. The van der Waals surface area contributed by atoms with Crippen molar-refractivity contribution in [2.75, 3.05) is 21.1 Å². The van der Waals surface area contributed by atoms with E-state index in [1.807, 2.05) is 24.4 Å². The number of hydrogen-bond acceptors (Lipinski definition) is 3. The third kappa shape index (κ3) is 3.70. The molecule has 1 amide bonds. The number of nitrogens with one attached hydrogen (secondary N) is 1. The van der Waals surface area contributed by atoms with Gasteiger partial charge in [-0.3, -0.25) is 14.7 Å². The number of nitrogens with zero attached hydrogens (tertiary/aromatic N) is 3. The molecule has 0 saturated heterocycles. The van der Waals surface area contributed by atoms with Crippen LogP contribution >= 0.6 is 0 Å². The van der Waals surface area contributed by atoms with E-state index < -0.39 is 0 Å². The first-order valence-corrected chi connectivity index (χ1v) is 6.98. The largest absolute Gasteiger partial charge is 0.353 e. The average molecular weight is 286 g/mol. The third-order valence-electron chi connectivity index (χ3n) is 3.63. The molecule has 0 bridgehead atoms. The summed E-state index contributed by atoms with van der Waals surface area (Å²) in [6, 6.07) is 8.07. The van der Waals surface area contributed by atoms with Crippen LogP contribution in [0.1, 0.15) is 34.7 Å². The summed E-state index contributed by atoms with van der Waals surface area (Å²) in [7, 11) is 5.56. The Morgan fingerprint density at radius 1 is 1.29 bits per heavy atom. The molecular formula is C16H22N4O. The van der Waals surface area contributed by atoms with Crippen LogP contribution in [0.2, 0.25) is 0 Å². The highest BCUT2D eigenvalue weighted by molar-refractivity contribution is 5.92. The van der Waals surface area contributed by atoms with Gasteiger partial charge in [0.2, 0.25) is 0 Å². The van der Waals surface area contributed by atoms with Crippen molar-refractivity contribution in [3.63, 3.8) is 0 Å². The van der Waals surface area contributed by atoms with Gasteiger partial charge in [-0.1, -0.05) is 6.07 Å². The maximum Gasteiger partial charge on any atom is 0.269 e. The van der Waals surface area contributed by atoms with Gasteiger partial charge < -0.3 is 9.88 Å². The second-order valence-corrected chi connectivity index (χ2v) is 5.47. The molecule has 0 aliphatic heterocycles. The molecule has 1 N–H and O–H groups in total. The van der Waals surface area contributed by atoms with Crippen molar-refractivity contribution < 1.29 is 4.79 Å². The van der Waals surface area contributed by atoms with Crippen molar-refractivity contribution in [3.05, 3.63) is 53.6 Å². The predicted octanol–water partition coefficient (Wildman–Crippen LogP) is 2.30. The highest BCUT2D eigenvalue weighted by Crippen LogP contribution is 2.19. The van der Waals surface area contributed by atoms with Crippen molar-refractivity contribution >= 4 is 5.91 Å². The van der Waals surface area contributed by atoms with E-state index in [1.54, 1.807) is 25.2 Å². The lowest BCUT2D eigenvalue weighted by Gasteiger charge is -2.24. The Kier molecular flexibility index (Phi) is 4.75. The van der Waals surface area contributed by atoms with Crippen LogP contribution in [0.4, 0.5) is 0 Å². The first-order valence-electron chi connectivity index (χ1n) is 6.98. The highest BCUT2D eigenvalue weighted by atomic mass is 16.2. The fourth-order valence-electron chi connectivity index (χ4n) is 2.18. The summed E-state index contributed by atoms with van der Waals surface area (Å²) in [5.41, 5.74) is 2.83. The van der Waals surface area contributed by atoms with E-state index in [2.05, 4.69) is 34.9 Å². The summed E-state index contributed by atoms with van der Waals surface area (Å²) < 4.78 is 0. The molecule has 2 aromatic rings. The normalized spacial score (nSPS) is 12.4. The Labute approximate surface area is 125 Å². The molecule has 2 aromatic heterocycles. The van der Waals surface area contributed by atoms with E-state index >= 15 is 0 Å². The van der Waals surface area contributed by atoms with E-state index in [0.29, 0.717) is 5.69 Å². The van der Waals surface area contributed by atoms with Crippen LogP contribution in [0.15, 0.2) is 36.7 Å². The second-order valence-electron chi connectivity index (χ2n) is 5.47. The first kappa shape index (κ1) is 15.3. The van der Waals surface area contributed by atoms with Crippen molar-refractivity contribution in [2.45, 2.75) is 19.5 Å². The van der Waals surface area contributed by atoms with Gasteiger partial charge in [0, 0.05) is 44.8 Å². The van der Waals surface area contributed by atoms with E-state index in [9.17, 15) is 4.79 Å². The zero-order chi connectivity index (χ0) is 15.4. The van der Waals surface area contributed by atoms with Crippen LogP contribution < -0.4 is 0 Å². The minimum Gasteiger partial charge on any atom is -0.353 e. The minimum absolute atomic E-state index is 0.00999. The number of H-pyrrole nitrogens is 1. The molecule has 21 heavy (non-hydrogen) atoms. The summed E-state index contributed by atoms with van der Waals surface area (Å²) in [5.74, 6) is -0.00999. The zero-order valence-electron chi connectivity index (χ0n) is 13.0. The van der Waals surface area contributed by atoms with Crippen LogP contribution in [0.5, 0.6) is 0 Å². The van der Waals surface area contributed by atoms with Gasteiger partial charge in [0.1, 0.15) is 5.69 Å². The van der Waals surface area contributed by atoms with Gasteiger partial charge in [0.25, 0.3) is 5.91 Å². The van der Waals surface area contributed by atoms with Crippen molar-refractivity contribution in [2.24, 2.45) is 0 Å². The molecule has 5 heteroatoms. The molecule has 0 radical (unpaired) electrons. The van der Waals surface area contributed by atoms with Gasteiger partial charge >= 0.3 is 0 Å². The molecule has 112 valence electrons. The number of carbonyl (C=O) groups excluding carboxylic acids is 1. The molecule has 0 saturated carbocycles. The summed E-state index contributed by atoms with van der Waals surface area (Å²) in [4.78, 5) is 23.0. The van der Waals surface area contributed by atoms with Gasteiger partial charge in [0.15, 0.2) is 0 Å². The third-order valence-corrected chi connectivity index (χ3v) is 3.63. The Balaban J connectivity index is 2.03. The maximum absolute atomic E-state index is 11.9. The number of rotatable bonds is 5. The van der Waals surface area contributed by atoms with E-state index in [-0.39, 0.29) is 11.9 Å². The number of aromatic amines is 1. The van der Waals surface area contributed by atoms with Crippen LogP contribution in [-0.2, 0) is 6.54 Å². The Morgan fingerprint density at radius 3 is 2.67 bits per heavy atom. The number of aromatic nitrogens is 2.